The van der Waals surface area contributed by atoms with Crippen LogP contribution < -0.4 is 5.32 Å². The largest absolute Gasteiger partial charge is 0.481 e. The molecular formula is C17H21NO3. The van der Waals surface area contributed by atoms with Gasteiger partial charge in [0, 0.05) is 11.4 Å². The fourth-order valence-electron chi connectivity index (χ4n) is 3.16. The summed E-state index contributed by atoms with van der Waals surface area (Å²) in [5.74, 6) is 0.125. The minimum absolute atomic E-state index is 0.142. The summed E-state index contributed by atoms with van der Waals surface area (Å²) in [5, 5.41) is 13.7. The van der Waals surface area contributed by atoms with E-state index in [1.54, 1.807) is 0 Å². The molecule has 0 radical (unpaired) electrons. The monoisotopic (exact) mass is 287 g/mol. The van der Waals surface area contributed by atoms with Gasteiger partial charge in [-0.15, -0.1) is 0 Å². The van der Waals surface area contributed by atoms with E-state index in [1.165, 1.54) is 0 Å². The number of nitrogens with one attached hydrogen (secondary N) is 1. The molecule has 2 N–H and O–H groups in total. The molecule has 0 spiro atoms. The number of carbonyl (C=O) groups is 1. The second-order valence-corrected chi connectivity index (χ2v) is 5.96. The highest BCUT2D eigenvalue weighted by atomic mass is 16.4. The molecule has 3 rings (SSSR count). The minimum atomic E-state index is -0.654. The lowest BCUT2D eigenvalue weighted by Crippen LogP contribution is -2.36. The van der Waals surface area contributed by atoms with E-state index in [1.807, 2.05) is 24.3 Å². The number of carboxylic acid groups (broad SMARTS) is 1. The van der Waals surface area contributed by atoms with E-state index in [-0.39, 0.29) is 12.0 Å². The lowest BCUT2D eigenvalue weighted by molar-refractivity contribution is -0.142. The molecule has 1 aliphatic carbocycles. The zero-order valence-electron chi connectivity index (χ0n) is 12.2. The van der Waals surface area contributed by atoms with Crippen molar-refractivity contribution in [1.82, 2.24) is 5.32 Å². The Hall–Kier alpha value is -1.81. The van der Waals surface area contributed by atoms with Crippen molar-refractivity contribution < 1.29 is 14.3 Å². The first-order valence-corrected chi connectivity index (χ1v) is 7.61. The van der Waals surface area contributed by atoms with Crippen molar-refractivity contribution in [2.75, 3.05) is 0 Å². The fraction of sp³-hybridized carbons (Fsp3) is 0.471. The molecule has 0 amide bonds. The van der Waals surface area contributed by atoms with Gasteiger partial charge in [0.1, 0.15) is 11.3 Å². The molecule has 1 aliphatic rings. The van der Waals surface area contributed by atoms with Crippen LogP contribution in [0.3, 0.4) is 0 Å². The zero-order chi connectivity index (χ0) is 14.8. The van der Waals surface area contributed by atoms with Crippen LogP contribution in [0.5, 0.6) is 0 Å². The van der Waals surface area contributed by atoms with E-state index >= 15 is 0 Å². The SMILES string of the molecule is C[C@H](NC1CCC(C(=O)O)CC1)c1cc2ccccc2o1. The maximum Gasteiger partial charge on any atom is 0.306 e. The van der Waals surface area contributed by atoms with Crippen LogP contribution in [0.1, 0.15) is 44.4 Å². The third-order valence-electron chi connectivity index (χ3n) is 4.43. The van der Waals surface area contributed by atoms with Crippen LogP contribution in [0.2, 0.25) is 0 Å². The molecule has 4 heteroatoms. The first kappa shape index (κ1) is 14.1. The van der Waals surface area contributed by atoms with Crippen LogP contribution in [-0.4, -0.2) is 17.1 Å². The molecule has 112 valence electrons. The molecule has 2 aromatic rings. The van der Waals surface area contributed by atoms with Crippen LogP contribution in [0, 0.1) is 5.92 Å². The van der Waals surface area contributed by atoms with Crippen molar-refractivity contribution in [3.05, 3.63) is 36.1 Å². The lowest BCUT2D eigenvalue weighted by Gasteiger charge is -2.28. The highest BCUT2D eigenvalue weighted by Gasteiger charge is 2.27. The number of hydrogen-bond donors (Lipinski definition) is 2. The van der Waals surface area contributed by atoms with Crippen LogP contribution in [0.25, 0.3) is 11.0 Å². The number of carboxylic acids is 1. The van der Waals surface area contributed by atoms with Crippen LogP contribution in [0.15, 0.2) is 34.7 Å². The number of para-hydroxylation sites is 1. The first-order valence-electron chi connectivity index (χ1n) is 7.61. The Kier molecular flexibility index (Phi) is 3.97. The quantitative estimate of drug-likeness (QED) is 0.899. The average Bonchev–Trinajstić information content (AvgIpc) is 2.92. The number of rotatable bonds is 4. The second kappa shape index (κ2) is 5.90. The number of fused-ring (bicyclic) bond motifs is 1. The Morgan fingerprint density at radius 1 is 1.29 bits per heavy atom. The standard InChI is InChI=1S/C17H21NO3/c1-11(16-10-13-4-2-3-5-15(13)21-16)18-14-8-6-12(7-9-14)17(19)20/h2-5,10-12,14,18H,6-9H2,1H3,(H,19,20)/t11-,12?,14?/m0/s1. The lowest BCUT2D eigenvalue weighted by atomic mass is 9.86. The van der Waals surface area contributed by atoms with Crippen molar-refractivity contribution in [2.45, 2.75) is 44.7 Å². The Labute approximate surface area is 124 Å². The molecule has 1 aromatic carbocycles. The van der Waals surface area contributed by atoms with Gasteiger partial charge >= 0.3 is 5.97 Å². The summed E-state index contributed by atoms with van der Waals surface area (Å²) in [5.41, 5.74) is 0.913. The summed E-state index contributed by atoms with van der Waals surface area (Å²) in [6.07, 6.45) is 3.36. The third-order valence-corrected chi connectivity index (χ3v) is 4.43. The van der Waals surface area contributed by atoms with E-state index in [4.69, 9.17) is 9.52 Å². The maximum absolute atomic E-state index is 11.0. The van der Waals surface area contributed by atoms with Gasteiger partial charge in [-0.25, -0.2) is 0 Å². The Bertz CT molecular complexity index is 593. The van der Waals surface area contributed by atoms with Gasteiger partial charge in [-0.2, -0.15) is 0 Å². The molecule has 0 aliphatic heterocycles. The van der Waals surface area contributed by atoms with Gasteiger partial charge < -0.3 is 14.8 Å². The van der Waals surface area contributed by atoms with E-state index in [0.29, 0.717) is 6.04 Å². The van der Waals surface area contributed by atoms with Crippen molar-refractivity contribution in [1.29, 1.82) is 0 Å². The van der Waals surface area contributed by atoms with E-state index in [2.05, 4.69) is 18.3 Å². The number of furan rings is 1. The number of hydrogen-bond acceptors (Lipinski definition) is 3. The van der Waals surface area contributed by atoms with Gasteiger partial charge in [-0.05, 0) is 44.7 Å². The molecule has 1 aromatic heterocycles. The first-order chi connectivity index (χ1) is 10.1. The summed E-state index contributed by atoms with van der Waals surface area (Å²) in [6.45, 7) is 2.10. The molecule has 0 unspecified atom stereocenters. The molecule has 0 bridgehead atoms. The van der Waals surface area contributed by atoms with Crippen LogP contribution >= 0.6 is 0 Å². The molecule has 1 heterocycles. The normalized spacial score (nSPS) is 24.0. The van der Waals surface area contributed by atoms with Gasteiger partial charge in [-0.1, -0.05) is 18.2 Å². The van der Waals surface area contributed by atoms with Crippen molar-refractivity contribution in [3.63, 3.8) is 0 Å². The molecule has 1 fully saturated rings. The van der Waals surface area contributed by atoms with Gasteiger partial charge in [0.05, 0.1) is 12.0 Å². The van der Waals surface area contributed by atoms with E-state index in [9.17, 15) is 4.79 Å². The van der Waals surface area contributed by atoms with Crippen molar-refractivity contribution in [2.24, 2.45) is 5.92 Å². The molecular weight excluding hydrogens is 266 g/mol. The fourth-order valence-corrected chi connectivity index (χ4v) is 3.16. The zero-order valence-corrected chi connectivity index (χ0v) is 12.2. The Morgan fingerprint density at radius 2 is 2.00 bits per heavy atom. The van der Waals surface area contributed by atoms with Gasteiger partial charge in [-0.3, -0.25) is 4.79 Å². The van der Waals surface area contributed by atoms with Gasteiger partial charge in [0.2, 0.25) is 0 Å². The molecule has 21 heavy (non-hydrogen) atoms. The highest BCUT2D eigenvalue weighted by Crippen LogP contribution is 2.28. The van der Waals surface area contributed by atoms with Crippen molar-refractivity contribution in [3.8, 4) is 0 Å². The van der Waals surface area contributed by atoms with E-state index < -0.39 is 5.97 Å². The summed E-state index contributed by atoms with van der Waals surface area (Å²) in [6, 6.07) is 10.6. The number of benzene rings is 1. The summed E-state index contributed by atoms with van der Waals surface area (Å²) >= 11 is 0. The Balaban J connectivity index is 1.61. The molecule has 0 saturated heterocycles. The van der Waals surface area contributed by atoms with Gasteiger partial charge in [0.15, 0.2) is 0 Å². The summed E-state index contributed by atoms with van der Waals surface area (Å²) in [7, 11) is 0. The maximum atomic E-state index is 11.0. The third kappa shape index (κ3) is 3.10. The smallest absolute Gasteiger partial charge is 0.306 e. The summed E-state index contributed by atoms with van der Waals surface area (Å²) in [4.78, 5) is 11.0. The Morgan fingerprint density at radius 3 is 2.67 bits per heavy atom. The number of aliphatic carboxylic acids is 1. The van der Waals surface area contributed by atoms with Crippen LogP contribution in [0.4, 0.5) is 0 Å². The predicted molar refractivity (Wildman–Crippen MR) is 81.1 cm³/mol. The predicted octanol–water partition coefficient (Wildman–Crippen LogP) is 3.73. The topological polar surface area (TPSA) is 62.5 Å². The van der Waals surface area contributed by atoms with Gasteiger partial charge in [0.25, 0.3) is 0 Å². The molecule has 1 atom stereocenters. The van der Waals surface area contributed by atoms with Crippen molar-refractivity contribution >= 4 is 16.9 Å². The highest BCUT2D eigenvalue weighted by molar-refractivity contribution is 5.77. The van der Waals surface area contributed by atoms with E-state index in [0.717, 1.165) is 42.4 Å². The minimum Gasteiger partial charge on any atom is -0.481 e. The second-order valence-electron chi connectivity index (χ2n) is 5.96. The summed E-state index contributed by atoms with van der Waals surface area (Å²) < 4.78 is 5.87. The molecule has 1 saturated carbocycles. The van der Waals surface area contributed by atoms with Crippen LogP contribution in [-0.2, 0) is 4.79 Å². The molecule has 4 nitrogen and oxygen atoms in total. The average molecular weight is 287 g/mol.